The van der Waals surface area contributed by atoms with Crippen LogP contribution in [0.3, 0.4) is 0 Å². The standard InChI is InChI=1S/C19H25F3N2S/c1-2-3-4-5-8-16(11-13-24-14-12-23-15-24)25-18-10-7-6-9-17(18)19(20,21)22/h6-7,9-10,12,14-16H,2-5,8,11,13H2,1H3. The number of rotatable bonds is 10. The summed E-state index contributed by atoms with van der Waals surface area (Å²) < 4.78 is 41.7. The Balaban J connectivity index is 2.03. The zero-order valence-electron chi connectivity index (χ0n) is 14.5. The van der Waals surface area contributed by atoms with Crippen LogP contribution in [0.1, 0.15) is 51.0 Å². The Kier molecular flexibility index (Phi) is 7.88. The number of hydrogen-bond acceptors (Lipinski definition) is 2. The van der Waals surface area contributed by atoms with Gasteiger partial charge in [0.25, 0.3) is 0 Å². The number of nitrogens with zero attached hydrogens (tertiary/aromatic N) is 2. The van der Waals surface area contributed by atoms with Crippen molar-refractivity contribution in [3.8, 4) is 0 Å². The van der Waals surface area contributed by atoms with Crippen LogP contribution in [0, 0.1) is 0 Å². The molecule has 0 fully saturated rings. The van der Waals surface area contributed by atoms with Crippen molar-refractivity contribution in [2.75, 3.05) is 0 Å². The Bertz CT molecular complexity index is 611. The molecule has 0 amide bonds. The van der Waals surface area contributed by atoms with E-state index >= 15 is 0 Å². The first-order valence-corrected chi connectivity index (χ1v) is 9.67. The lowest BCUT2D eigenvalue weighted by Gasteiger charge is -2.19. The molecule has 0 spiro atoms. The first kappa shape index (κ1) is 19.9. The summed E-state index contributed by atoms with van der Waals surface area (Å²) in [7, 11) is 0. The van der Waals surface area contributed by atoms with Crippen molar-refractivity contribution in [2.24, 2.45) is 0 Å². The number of unbranched alkanes of at least 4 members (excludes halogenated alkanes) is 3. The zero-order valence-corrected chi connectivity index (χ0v) is 15.3. The van der Waals surface area contributed by atoms with Crippen LogP contribution in [-0.4, -0.2) is 14.8 Å². The van der Waals surface area contributed by atoms with E-state index in [9.17, 15) is 13.2 Å². The summed E-state index contributed by atoms with van der Waals surface area (Å²) in [5, 5.41) is 0.169. The van der Waals surface area contributed by atoms with E-state index in [1.807, 2.05) is 10.8 Å². The average molecular weight is 370 g/mol. The Morgan fingerprint density at radius 2 is 1.92 bits per heavy atom. The molecule has 0 saturated heterocycles. The van der Waals surface area contributed by atoms with E-state index in [0.717, 1.165) is 38.6 Å². The van der Waals surface area contributed by atoms with Crippen LogP contribution in [0.4, 0.5) is 13.2 Å². The van der Waals surface area contributed by atoms with Crippen molar-refractivity contribution >= 4 is 11.8 Å². The first-order chi connectivity index (χ1) is 12.0. The molecule has 0 aliphatic heterocycles. The van der Waals surface area contributed by atoms with Gasteiger partial charge < -0.3 is 4.57 Å². The van der Waals surface area contributed by atoms with Gasteiger partial charge in [-0.05, 0) is 25.0 Å². The molecule has 1 heterocycles. The summed E-state index contributed by atoms with van der Waals surface area (Å²) in [6.45, 7) is 2.94. The third-order valence-corrected chi connectivity index (χ3v) is 5.55. The van der Waals surface area contributed by atoms with Gasteiger partial charge in [0.05, 0.1) is 11.9 Å². The fraction of sp³-hybridized carbons (Fsp3) is 0.526. The predicted molar refractivity (Wildman–Crippen MR) is 96.7 cm³/mol. The third-order valence-electron chi connectivity index (χ3n) is 4.13. The number of aromatic nitrogens is 2. The lowest BCUT2D eigenvalue weighted by Crippen LogP contribution is -2.11. The fourth-order valence-electron chi connectivity index (χ4n) is 2.76. The molecule has 0 radical (unpaired) electrons. The van der Waals surface area contributed by atoms with Crippen LogP contribution < -0.4 is 0 Å². The van der Waals surface area contributed by atoms with Crippen molar-refractivity contribution in [3.63, 3.8) is 0 Å². The summed E-state index contributed by atoms with van der Waals surface area (Å²) in [5.74, 6) is 0. The highest BCUT2D eigenvalue weighted by molar-refractivity contribution is 8.00. The monoisotopic (exact) mass is 370 g/mol. The van der Waals surface area contributed by atoms with Gasteiger partial charge in [0.1, 0.15) is 0 Å². The Hall–Kier alpha value is -1.43. The summed E-state index contributed by atoms with van der Waals surface area (Å²) in [4.78, 5) is 4.36. The predicted octanol–water partition coefficient (Wildman–Crippen LogP) is 6.42. The van der Waals surface area contributed by atoms with Gasteiger partial charge in [0.15, 0.2) is 0 Å². The van der Waals surface area contributed by atoms with Crippen LogP contribution in [0.5, 0.6) is 0 Å². The molecule has 1 aromatic carbocycles. The average Bonchev–Trinajstić information content (AvgIpc) is 3.09. The lowest BCUT2D eigenvalue weighted by molar-refractivity contribution is -0.139. The molecule has 1 atom stereocenters. The normalized spacial score (nSPS) is 13.1. The molecule has 0 N–H and O–H groups in total. The van der Waals surface area contributed by atoms with E-state index in [4.69, 9.17) is 0 Å². The highest BCUT2D eigenvalue weighted by Crippen LogP contribution is 2.39. The van der Waals surface area contributed by atoms with E-state index in [-0.39, 0.29) is 5.25 Å². The zero-order chi connectivity index (χ0) is 18.1. The minimum atomic E-state index is -4.30. The molecule has 0 aliphatic rings. The Labute approximate surface area is 151 Å². The van der Waals surface area contributed by atoms with E-state index in [1.165, 1.54) is 30.3 Å². The van der Waals surface area contributed by atoms with Crippen molar-refractivity contribution in [2.45, 2.75) is 68.3 Å². The smallest absolute Gasteiger partial charge is 0.337 e. The van der Waals surface area contributed by atoms with Crippen LogP contribution >= 0.6 is 11.8 Å². The summed E-state index contributed by atoms with van der Waals surface area (Å²) in [6.07, 6.45) is 7.36. The lowest BCUT2D eigenvalue weighted by atomic mass is 10.1. The van der Waals surface area contributed by atoms with Crippen molar-refractivity contribution < 1.29 is 13.2 Å². The van der Waals surface area contributed by atoms with Gasteiger partial charge in [-0.2, -0.15) is 13.2 Å². The summed E-state index contributed by atoms with van der Waals surface area (Å²) in [5.41, 5.74) is -0.527. The molecular weight excluding hydrogens is 345 g/mol. The topological polar surface area (TPSA) is 17.8 Å². The number of thioether (sulfide) groups is 1. The molecule has 2 rings (SSSR count). The quantitative estimate of drug-likeness (QED) is 0.354. The molecule has 1 aromatic heterocycles. The molecule has 1 unspecified atom stereocenters. The van der Waals surface area contributed by atoms with Gasteiger partial charge in [-0.1, -0.05) is 44.7 Å². The Morgan fingerprint density at radius 1 is 1.12 bits per heavy atom. The number of hydrogen-bond donors (Lipinski definition) is 0. The van der Waals surface area contributed by atoms with Crippen LogP contribution in [-0.2, 0) is 12.7 Å². The van der Waals surface area contributed by atoms with E-state index < -0.39 is 11.7 Å². The van der Waals surface area contributed by atoms with Crippen molar-refractivity contribution in [1.82, 2.24) is 9.55 Å². The molecule has 138 valence electrons. The molecular formula is C19H25F3N2S. The molecule has 6 heteroatoms. The molecule has 0 bridgehead atoms. The second-order valence-corrected chi connectivity index (χ2v) is 7.51. The molecule has 2 nitrogen and oxygen atoms in total. The second kappa shape index (κ2) is 9.90. The maximum Gasteiger partial charge on any atom is 0.417 e. The molecule has 2 aromatic rings. The number of aryl methyl sites for hydroxylation is 1. The van der Waals surface area contributed by atoms with Gasteiger partial charge in [-0.25, -0.2) is 4.98 Å². The highest BCUT2D eigenvalue weighted by Gasteiger charge is 2.33. The van der Waals surface area contributed by atoms with Gasteiger partial charge in [0.2, 0.25) is 0 Å². The number of alkyl halides is 3. The van der Waals surface area contributed by atoms with Crippen molar-refractivity contribution in [1.29, 1.82) is 0 Å². The highest BCUT2D eigenvalue weighted by atomic mass is 32.2. The summed E-state index contributed by atoms with van der Waals surface area (Å²) in [6, 6.07) is 5.90. The van der Waals surface area contributed by atoms with Gasteiger partial charge in [-0.15, -0.1) is 11.8 Å². The number of imidazole rings is 1. The van der Waals surface area contributed by atoms with Crippen molar-refractivity contribution in [3.05, 3.63) is 48.5 Å². The van der Waals surface area contributed by atoms with Gasteiger partial charge >= 0.3 is 6.18 Å². The minimum absolute atomic E-state index is 0.169. The fourth-order valence-corrected chi connectivity index (χ4v) is 4.09. The molecule has 0 aliphatic carbocycles. The van der Waals surface area contributed by atoms with Crippen LogP contribution in [0.2, 0.25) is 0 Å². The van der Waals surface area contributed by atoms with E-state index in [0.29, 0.717) is 4.90 Å². The second-order valence-electron chi connectivity index (χ2n) is 6.17. The SMILES string of the molecule is CCCCCCC(CCn1ccnc1)Sc1ccccc1C(F)(F)F. The minimum Gasteiger partial charge on any atom is -0.337 e. The largest absolute Gasteiger partial charge is 0.417 e. The maximum absolute atomic E-state index is 13.2. The molecule has 0 saturated carbocycles. The van der Waals surface area contributed by atoms with Crippen LogP contribution in [0.15, 0.2) is 47.9 Å². The Morgan fingerprint density at radius 3 is 2.60 bits per heavy atom. The van der Waals surface area contributed by atoms with E-state index in [2.05, 4.69) is 11.9 Å². The first-order valence-electron chi connectivity index (χ1n) is 8.79. The van der Waals surface area contributed by atoms with Gasteiger partial charge in [-0.3, -0.25) is 0 Å². The van der Waals surface area contributed by atoms with Crippen LogP contribution in [0.25, 0.3) is 0 Å². The summed E-state index contributed by atoms with van der Waals surface area (Å²) >= 11 is 1.37. The van der Waals surface area contributed by atoms with E-state index in [1.54, 1.807) is 24.7 Å². The number of benzene rings is 1. The number of halogens is 3. The third kappa shape index (κ3) is 6.77. The van der Waals surface area contributed by atoms with Gasteiger partial charge in [0, 0.05) is 29.1 Å². The maximum atomic E-state index is 13.2. The molecule has 25 heavy (non-hydrogen) atoms.